The largest absolute Gasteiger partial charge is 0.507 e. The van der Waals surface area contributed by atoms with Crippen molar-refractivity contribution in [3.05, 3.63) is 108 Å². The Kier molecular flexibility index (Phi) is 10.1. The zero-order valence-corrected chi connectivity index (χ0v) is 32.1. The minimum atomic E-state index is -4.57. The summed E-state index contributed by atoms with van der Waals surface area (Å²) in [5.74, 6) is -0.703. The lowest BCUT2D eigenvalue weighted by Gasteiger charge is -2.15. The number of anilines is 4. The van der Waals surface area contributed by atoms with Crippen LogP contribution < -0.4 is 20.1 Å². The third kappa shape index (κ3) is 8.46. The molecule has 56 heavy (non-hydrogen) atoms. The number of rotatable bonds is 10. The number of hydrogen-bond acceptors (Lipinski definition) is 11. The van der Waals surface area contributed by atoms with Crippen molar-refractivity contribution in [3.8, 4) is 11.5 Å². The van der Waals surface area contributed by atoms with Crippen molar-refractivity contribution in [1.82, 2.24) is 0 Å². The van der Waals surface area contributed by atoms with Gasteiger partial charge in [-0.2, -0.15) is 16.8 Å². The van der Waals surface area contributed by atoms with E-state index in [9.17, 15) is 57.8 Å². The van der Waals surface area contributed by atoms with Crippen LogP contribution in [0.25, 0.3) is 21.5 Å². The Hall–Kier alpha value is -5.97. The van der Waals surface area contributed by atoms with Gasteiger partial charge in [0.05, 0.1) is 31.0 Å². The zero-order valence-electron chi connectivity index (χ0n) is 28.8. The lowest BCUT2D eigenvalue weighted by atomic mass is 10.1. The van der Waals surface area contributed by atoms with Crippen molar-refractivity contribution in [3.63, 3.8) is 0 Å². The molecule has 2 amide bonds. The van der Waals surface area contributed by atoms with Crippen molar-refractivity contribution < 1.29 is 57.8 Å². The number of phenols is 2. The maximum atomic E-state index is 13.2. The number of urea groups is 1. The van der Waals surface area contributed by atoms with Gasteiger partial charge in [0.1, 0.15) is 11.5 Å². The fourth-order valence-electron chi connectivity index (χ4n) is 5.69. The lowest BCUT2D eigenvalue weighted by Crippen LogP contribution is -2.21. The first-order valence-corrected chi connectivity index (χ1v) is 21.7. The molecule has 8 N–H and O–H groups in total. The molecule has 0 saturated carbocycles. The third-order valence-electron chi connectivity index (χ3n) is 8.42. The Morgan fingerprint density at radius 3 is 1.18 bits per heavy atom. The van der Waals surface area contributed by atoms with E-state index >= 15 is 0 Å². The first kappa shape index (κ1) is 39.7. The van der Waals surface area contributed by atoms with Crippen molar-refractivity contribution >= 4 is 90.6 Å². The normalized spacial score (nSPS) is 12.4. The van der Waals surface area contributed by atoms with Crippen molar-refractivity contribution in [2.75, 3.05) is 20.1 Å². The second-order valence-corrected chi connectivity index (χ2v) is 18.7. The molecule has 0 atom stereocenters. The van der Waals surface area contributed by atoms with Gasteiger partial charge in [-0.05, 0) is 121 Å². The molecule has 0 aromatic heterocycles. The molecule has 6 aromatic carbocycles. The van der Waals surface area contributed by atoms with Crippen LogP contribution in [0.4, 0.5) is 27.5 Å². The minimum Gasteiger partial charge on any atom is -0.507 e. The number of carbonyl (C=O) groups excluding carboxylic acids is 1. The first-order chi connectivity index (χ1) is 26.0. The Balaban J connectivity index is 1.14. The Morgan fingerprint density at radius 1 is 0.482 bits per heavy atom. The van der Waals surface area contributed by atoms with Crippen LogP contribution in [-0.4, -0.2) is 59.0 Å². The number of fused-ring (bicyclic) bond motifs is 2. The Bertz CT molecular complexity index is 2880. The van der Waals surface area contributed by atoms with Gasteiger partial charge in [0.15, 0.2) is 0 Å². The second-order valence-electron chi connectivity index (χ2n) is 12.5. The topological polar surface area (TPSA) is 283 Å². The van der Waals surface area contributed by atoms with E-state index in [2.05, 4.69) is 20.1 Å². The van der Waals surface area contributed by atoms with Gasteiger partial charge in [-0.1, -0.05) is 0 Å². The SMILES string of the molecule is Cc1cc(S(=O)(=O)Nc2cc(O)c3ccc(S(=O)(=O)O)cc3c2)ccc1NC(=O)Nc1ccc(S(=O)(=O)Nc2cc(O)c3ccc(S(=O)(=O)O)cc3c2)cc1C. The summed E-state index contributed by atoms with van der Waals surface area (Å²) >= 11 is 0. The van der Waals surface area contributed by atoms with E-state index in [0.717, 1.165) is 36.4 Å². The highest BCUT2D eigenvalue weighted by molar-refractivity contribution is 7.93. The molecule has 0 saturated heterocycles. The standard InChI is InChI=1S/C35H30N4O13S4/c1-19-11-25(53(43,44)38-23-13-21-15-27(55(47,48)49)3-7-29(21)33(40)17-23)5-9-31(19)36-35(42)37-32-10-6-26(12-20(32)2)54(45,46)39-24-14-22-16-28(56(50,51)52)4-8-30(22)34(41)18-24/h3-18,38-41H,1-2H3,(H2,36,37,42)(H,47,48,49)(H,50,51,52). The van der Waals surface area contributed by atoms with Crippen molar-refractivity contribution in [2.24, 2.45) is 0 Å². The zero-order chi connectivity index (χ0) is 41.0. The van der Waals surface area contributed by atoms with Crippen LogP contribution in [-0.2, 0) is 40.3 Å². The summed E-state index contributed by atoms with van der Waals surface area (Å²) in [6.45, 7) is 3.07. The molecule has 0 aliphatic rings. The number of phenolic OH excluding ortho intramolecular Hbond substituents is 2. The van der Waals surface area contributed by atoms with Crippen LogP contribution in [0.15, 0.2) is 117 Å². The summed E-state index contributed by atoms with van der Waals surface area (Å²) < 4.78 is 123. The van der Waals surface area contributed by atoms with Gasteiger partial charge >= 0.3 is 6.03 Å². The third-order valence-corrected chi connectivity index (χ3v) is 12.9. The van der Waals surface area contributed by atoms with Gasteiger partial charge < -0.3 is 20.8 Å². The van der Waals surface area contributed by atoms with Crippen LogP contribution >= 0.6 is 0 Å². The first-order valence-electron chi connectivity index (χ1n) is 15.8. The number of hydrogen-bond donors (Lipinski definition) is 8. The molecule has 0 fully saturated rings. The number of amides is 2. The van der Waals surface area contributed by atoms with Crippen molar-refractivity contribution in [1.29, 1.82) is 0 Å². The van der Waals surface area contributed by atoms with Gasteiger partial charge in [0.2, 0.25) is 0 Å². The molecule has 6 rings (SSSR count). The molecule has 0 radical (unpaired) electrons. The lowest BCUT2D eigenvalue weighted by molar-refractivity contribution is 0.262. The van der Waals surface area contributed by atoms with Gasteiger partial charge in [-0.3, -0.25) is 18.5 Å². The van der Waals surface area contributed by atoms with Gasteiger partial charge in [0.25, 0.3) is 40.3 Å². The molecule has 0 heterocycles. The minimum absolute atomic E-state index is 0.100. The summed E-state index contributed by atoms with van der Waals surface area (Å²) in [5, 5.41) is 26.7. The van der Waals surface area contributed by atoms with E-state index < -0.39 is 56.1 Å². The maximum absolute atomic E-state index is 13.2. The molecule has 0 bridgehead atoms. The van der Waals surface area contributed by atoms with E-state index in [-0.39, 0.29) is 65.6 Å². The monoisotopic (exact) mass is 842 g/mol. The highest BCUT2D eigenvalue weighted by atomic mass is 32.2. The molecular formula is C35H30N4O13S4. The summed E-state index contributed by atoms with van der Waals surface area (Å²) in [6.07, 6.45) is 0. The summed E-state index contributed by atoms with van der Waals surface area (Å²) in [6, 6.07) is 18.5. The average molecular weight is 843 g/mol. The second kappa shape index (κ2) is 14.3. The van der Waals surface area contributed by atoms with Crippen LogP contribution in [0.2, 0.25) is 0 Å². The molecule has 6 aromatic rings. The fraction of sp³-hybridized carbons (Fsp3) is 0.0571. The molecule has 0 aliphatic carbocycles. The van der Waals surface area contributed by atoms with Crippen LogP contribution in [0, 0.1) is 13.8 Å². The average Bonchev–Trinajstić information content (AvgIpc) is 3.08. The highest BCUT2D eigenvalue weighted by Gasteiger charge is 2.21. The molecular weight excluding hydrogens is 813 g/mol. The quantitative estimate of drug-likeness (QED) is 0.0763. The number of aryl methyl sites for hydroxylation is 2. The van der Waals surface area contributed by atoms with Crippen molar-refractivity contribution in [2.45, 2.75) is 33.4 Å². The molecule has 0 unspecified atom stereocenters. The Labute approximate surface area is 320 Å². The number of aromatic hydroxyl groups is 2. The molecule has 21 heteroatoms. The number of sulfonamides is 2. The highest BCUT2D eigenvalue weighted by Crippen LogP contribution is 2.34. The summed E-state index contributed by atoms with van der Waals surface area (Å²) in [5.41, 5.74) is 0.922. The van der Waals surface area contributed by atoms with Gasteiger partial charge in [-0.25, -0.2) is 21.6 Å². The van der Waals surface area contributed by atoms with Crippen LogP contribution in [0.1, 0.15) is 11.1 Å². The predicted molar refractivity (Wildman–Crippen MR) is 207 cm³/mol. The molecule has 0 aliphatic heterocycles. The van der Waals surface area contributed by atoms with E-state index in [1.807, 2.05) is 0 Å². The predicted octanol–water partition coefficient (Wildman–Crippen LogP) is 5.76. The van der Waals surface area contributed by atoms with Crippen LogP contribution in [0.5, 0.6) is 11.5 Å². The fourth-order valence-corrected chi connectivity index (χ4v) is 8.97. The number of nitrogens with one attached hydrogen (secondary N) is 4. The van der Waals surface area contributed by atoms with E-state index in [1.54, 1.807) is 0 Å². The number of benzene rings is 6. The smallest absolute Gasteiger partial charge is 0.323 e. The van der Waals surface area contributed by atoms with Gasteiger partial charge in [0, 0.05) is 34.3 Å². The Morgan fingerprint density at radius 2 is 0.839 bits per heavy atom. The van der Waals surface area contributed by atoms with E-state index in [0.29, 0.717) is 11.1 Å². The van der Waals surface area contributed by atoms with Crippen LogP contribution in [0.3, 0.4) is 0 Å². The molecule has 0 spiro atoms. The molecule has 17 nitrogen and oxygen atoms in total. The maximum Gasteiger partial charge on any atom is 0.323 e. The summed E-state index contributed by atoms with van der Waals surface area (Å²) in [7, 11) is -17.7. The molecule has 292 valence electrons. The van der Waals surface area contributed by atoms with Gasteiger partial charge in [-0.15, -0.1) is 0 Å². The van der Waals surface area contributed by atoms with E-state index in [1.165, 1.54) is 74.5 Å². The number of carbonyl (C=O) groups is 1. The summed E-state index contributed by atoms with van der Waals surface area (Å²) in [4.78, 5) is 11.6. The van der Waals surface area contributed by atoms with E-state index in [4.69, 9.17) is 0 Å².